The summed E-state index contributed by atoms with van der Waals surface area (Å²) in [4.78, 5) is 0. The van der Waals surface area contributed by atoms with Gasteiger partial charge in [0.05, 0.1) is 0 Å². The molecule has 0 aliphatic rings. The predicted molar refractivity (Wildman–Crippen MR) is 66.3 cm³/mol. The van der Waals surface area contributed by atoms with Crippen LogP contribution in [0.2, 0.25) is 0 Å². The van der Waals surface area contributed by atoms with Crippen molar-refractivity contribution in [1.82, 2.24) is 0 Å². The molecule has 0 saturated carbocycles. The van der Waals surface area contributed by atoms with Crippen LogP contribution < -0.4 is 10.0 Å². The van der Waals surface area contributed by atoms with Crippen LogP contribution >= 0.6 is 32.0 Å². The second kappa shape index (κ2) is 4.63. The van der Waals surface area contributed by atoms with E-state index in [1.807, 2.05) is 24.3 Å². The average Bonchev–Trinajstić information content (AvgIpc) is 2.18. The summed E-state index contributed by atoms with van der Waals surface area (Å²) in [6.45, 7) is 2.10. The molecule has 0 atom stereocenters. The molecule has 4 heteroatoms. The monoisotopic (exact) mass is 282 g/mol. The van der Waals surface area contributed by atoms with Gasteiger partial charge in [-0.05, 0) is 0 Å². The van der Waals surface area contributed by atoms with Crippen molar-refractivity contribution in [2.24, 2.45) is 0 Å². The molecule has 1 aromatic rings. The fraction of sp³-hybridized carbons (Fsp3) is 0.333. The number of methoxy groups -OCH3 is 1. The Morgan fingerprint density at radius 1 is 1.38 bits per heavy atom. The number of benzene rings is 1. The Morgan fingerprint density at radius 2 is 1.92 bits per heavy atom. The van der Waals surface area contributed by atoms with Gasteiger partial charge in [0.15, 0.2) is 0 Å². The summed E-state index contributed by atoms with van der Waals surface area (Å²) in [7, 11) is 1.66. The van der Waals surface area contributed by atoms with E-state index >= 15 is 0 Å². The Kier molecular flexibility index (Phi) is 4.03. The second-order valence-electron chi connectivity index (χ2n) is 2.79. The van der Waals surface area contributed by atoms with Gasteiger partial charge in [0.25, 0.3) is 0 Å². The van der Waals surface area contributed by atoms with Crippen LogP contribution in [0.3, 0.4) is 0 Å². The number of ether oxygens (including phenoxy) is 1. The molecule has 0 aliphatic carbocycles. The third-order valence-electron chi connectivity index (χ3n) is 1.96. The molecule has 0 saturated heterocycles. The Morgan fingerprint density at radius 3 is 2.31 bits per heavy atom. The van der Waals surface area contributed by atoms with Crippen molar-refractivity contribution in [2.75, 3.05) is 13.3 Å². The predicted octanol–water partition coefficient (Wildman–Crippen LogP) is 3.55. The molecule has 1 nitrogen and oxygen atoms in total. The Bertz CT molecular complexity index is 273. The van der Waals surface area contributed by atoms with E-state index in [2.05, 4.69) is 22.4 Å². The van der Waals surface area contributed by atoms with Crippen molar-refractivity contribution >= 4 is 37.4 Å². The molecule has 0 aliphatic heterocycles. The van der Waals surface area contributed by atoms with Gasteiger partial charge in [0.1, 0.15) is 0 Å². The first kappa shape index (κ1) is 11.3. The first-order valence-corrected chi connectivity index (χ1v) is 9.60. The van der Waals surface area contributed by atoms with Crippen LogP contribution in [0.5, 0.6) is 5.75 Å². The molecule has 0 bridgehead atoms. The van der Waals surface area contributed by atoms with E-state index in [4.69, 9.17) is 16.0 Å². The summed E-state index contributed by atoms with van der Waals surface area (Å²) in [6, 6.07) is 7.93. The molecule has 0 aromatic heterocycles. The van der Waals surface area contributed by atoms with Crippen molar-refractivity contribution in [3.05, 3.63) is 24.3 Å². The van der Waals surface area contributed by atoms with Gasteiger partial charge in [-0.25, -0.2) is 0 Å². The molecule has 0 spiro atoms. The van der Waals surface area contributed by atoms with Crippen LogP contribution in [0, 0.1) is 0 Å². The summed E-state index contributed by atoms with van der Waals surface area (Å²) in [5.74, 6) is 0.869. The van der Waals surface area contributed by atoms with Gasteiger partial charge in [0, 0.05) is 0 Å². The summed E-state index contributed by atoms with van der Waals surface area (Å²) in [6.07, 6.45) is 0.973. The van der Waals surface area contributed by atoms with E-state index in [0.717, 1.165) is 11.9 Å². The van der Waals surface area contributed by atoms with Crippen molar-refractivity contribution in [1.29, 1.82) is 0 Å². The molecule has 0 unspecified atom stereocenters. The topological polar surface area (TPSA) is 9.23 Å². The SMILES string of the molecule is CC[PH](Cl)(Br)c1ccc(OC)cc1. The molecule has 74 valence electrons. The maximum atomic E-state index is 6.36. The van der Waals surface area contributed by atoms with Gasteiger partial charge in [-0.3, -0.25) is 0 Å². The van der Waals surface area contributed by atoms with E-state index < -0.39 is 5.32 Å². The zero-order valence-electron chi connectivity index (χ0n) is 7.68. The third-order valence-corrected chi connectivity index (χ3v) is 8.53. The minimum absolute atomic E-state index is 0.869. The van der Waals surface area contributed by atoms with Crippen LogP contribution in [0.4, 0.5) is 0 Å². The number of hydrogen-bond acceptors (Lipinski definition) is 1. The van der Waals surface area contributed by atoms with Crippen LogP contribution in [-0.4, -0.2) is 13.3 Å². The summed E-state index contributed by atoms with van der Waals surface area (Å²) >= 11 is 9.96. The van der Waals surface area contributed by atoms with Crippen molar-refractivity contribution in [3.63, 3.8) is 0 Å². The van der Waals surface area contributed by atoms with Crippen LogP contribution in [-0.2, 0) is 0 Å². The van der Waals surface area contributed by atoms with E-state index in [1.54, 1.807) is 7.11 Å². The fourth-order valence-electron chi connectivity index (χ4n) is 1.04. The van der Waals surface area contributed by atoms with Gasteiger partial charge in [-0.1, -0.05) is 0 Å². The van der Waals surface area contributed by atoms with Gasteiger partial charge < -0.3 is 0 Å². The van der Waals surface area contributed by atoms with E-state index in [-0.39, 0.29) is 0 Å². The fourth-order valence-corrected chi connectivity index (χ4v) is 3.27. The van der Waals surface area contributed by atoms with Gasteiger partial charge >= 0.3 is 92.3 Å². The zero-order valence-corrected chi connectivity index (χ0v) is 11.0. The van der Waals surface area contributed by atoms with Gasteiger partial charge in [-0.2, -0.15) is 0 Å². The van der Waals surface area contributed by atoms with Crippen molar-refractivity contribution < 1.29 is 4.74 Å². The molecule has 0 N–H and O–H groups in total. The molecule has 0 heterocycles. The first-order chi connectivity index (χ1) is 6.10. The first-order valence-electron chi connectivity index (χ1n) is 4.12. The number of halogens is 2. The molecular formula is C9H13BrClOP. The van der Waals surface area contributed by atoms with Gasteiger partial charge in [-0.15, -0.1) is 0 Å². The second-order valence-corrected chi connectivity index (χ2v) is 12.8. The maximum absolute atomic E-state index is 6.36. The third kappa shape index (κ3) is 2.83. The van der Waals surface area contributed by atoms with Crippen molar-refractivity contribution in [2.45, 2.75) is 6.92 Å². The molecule has 0 fully saturated rings. The summed E-state index contributed by atoms with van der Waals surface area (Å²) < 4.78 is 5.07. The minimum atomic E-state index is -1.86. The molecule has 13 heavy (non-hydrogen) atoms. The molecule has 1 rings (SSSR count). The normalized spacial score (nSPS) is 12.6. The Balaban J connectivity index is 2.92. The summed E-state index contributed by atoms with van der Waals surface area (Å²) in [5, 5.41) is -0.668. The van der Waals surface area contributed by atoms with Crippen LogP contribution in [0.1, 0.15) is 6.92 Å². The summed E-state index contributed by atoms with van der Waals surface area (Å²) in [5.41, 5.74) is 0. The van der Waals surface area contributed by atoms with Crippen molar-refractivity contribution in [3.8, 4) is 5.75 Å². The average molecular weight is 284 g/mol. The van der Waals surface area contributed by atoms with E-state index in [9.17, 15) is 0 Å². The number of hydrogen-bond donors (Lipinski definition) is 0. The van der Waals surface area contributed by atoms with E-state index in [1.165, 1.54) is 5.30 Å². The molecular weight excluding hydrogens is 270 g/mol. The van der Waals surface area contributed by atoms with Crippen LogP contribution in [0.15, 0.2) is 24.3 Å². The standard InChI is InChI=1S/C9H13BrClOP/c1-3-13(10,11)9-6-4-8(12-2)5-7-9/h4-7,13H,3H2,1-2H3. The number of rotatable bonds is 3. The van der Waals surface area contributed by atoms with E-state index in [0.29, 0.717) is 0 Å². The Hall–Kier alpha value is 0.220. The Labute approximate surface area is 92.3 Å². The zero-order chi connectivity index (χ0) is 9.90. The molecule has 0 radical (unpaired) electrons. The van der Waals surface area contributed by atoms with Crippen LogP contribution in [0.25, 0.3) is 0 Å². The molecule has 0 amide bonds. The van der Waals surface area contributed by atoms with Gasteiger partial charge in [0.2, 0.25) is 0 Å². The molecule has 1 aromatic carbocycles. The quantitative estimate of drug-likeness (QED) is 0.771.